The molecule has 0 fully saturated rings. The molecule has 0 saturated carbocycles. The van der Waals surface area contributed by atoms with E-state index in [0.29, 0.717) is 0 Å². The van der Waals surface area contributed by atoms with Crippen LogP contribution in [0.15, 0.2) is 11.4 Å². The van der Waals surface area contributed by atoms with Crippen LogP contribution in [0.1, 0.15) is 19.4 Å². The molecule has 2 heteroatoms. The third-order valence-electron chi connectivity index (χ3n) is 0.699. The maximum absolute atomic E-state index is 11.9. The first-order chi connectivity index (χ1) is 4.29. The van der Waals surface area contributed by atoms with Gasteiger partial charge in [-0.25, -0.2) is 0 Å². The predicted molar refractivity (Wildman–Crippen MR) is 40.4 cm³/mol. The van der Waals surface area contributed by atoms with Gasteiger partial charge in [0.1, 0.15) is 0 Å². The molecule has 1 heterocycles. The van der Waals surface area contributed by atoms with Gasteiger partial charge in [0.2, 0.25) is 0 Å². The van der Waals surface area contributed by atoms with Crippen molar-refractivity contribution in [3.05, 3.63) is 22.1 Å². The summed E-state index contributed by atoms with van der Waals surface area (Å²) in [4.78, 5) is 0. The molecule has 0 radical (unpaired) electrons. The Morgan fingerprint density at radius 2 is 2.00 bits per heavy atom. The van der Waals surface area contributed by atoms with Crippen molar-refractivity contribution in [1.29, 1.82) is 0 Å². The van der Waals surface area contributed by atoms with Crippen LogP contribution in [0, 0.1) is 12.1 Å². The van der Waals surface area contributed by atoms with Gasteiger partial charge in [-0.1, -0.05) is 13.8 Å². The number of hydrogen-bond donors (Lipinski definition) is 0. The average Bonchev–Trinajstić information content (AvgIpc) is 2.20. The van der Waals surface area contributed by atoms with E-state index in [-0.39, 0.29) is 5.13 Å². The normalized spacial score (nSPS) is 8.00. The van der Waals surface area contributed by atoms with Gasteiger partial charge in [0.15, 0.2) is 5.13 Å². The van der Waals surface area contributed by atoms with Crippen LogP contribution in [0.25, 0.3) is 0 Å². The molecule has 0 unspecified atom stereocenters. The fourth-order valence-corrected chi connectivity index (χ4v) is 1.02. The molecule has 0 N–H and O–H groups in total. The zero-order valence-electron chi connectivity index (χ0n) is 5.94. The summed E-state index contributed by atoms with van der Waals surface area (Å²) in [6.45, 7) is 5.87. The molecule has 0 spiro atoms. The Morgan fingerprint density at radius 1 is 1.44 bits per heavy atom. The van der Waals surface area contributed by atoms with Gasteiger partial charge in [0.05, 0.1) is 0 Å². The largest absolute Gasteiger partial charge is 0.195 e. The molecular weight excluding hydrogens is 135 g/mol. The summed E-state index contributed by atoms with van der Waals surface area (Å²) < 4.78 is 11.9. The minimum absolute atomic E-state index is 0.0995. The topological polar surface area (TPSA) is 0 Å². The summed E-state index contributed by atoms with van der Waals surface area (Å²) in [5.74, 6) is 0. The maximum Gasteiger partial charge on any atom is 0.176 e. The Labute approximate surface area is 59.3 Å². The van der Waals surface area contributed by atoms with E-state index in [1.54, 1.807) is 5.38 Å². The van der Waals surface area contributed by atoms with Crippen LogP contribution in [0.5, 0.6) is 0 Å². The monoisotopic (exact) mass is 146 g/mol. The van der Waals surface area contributed by atoms with Gasteiger partial charge in [-0.3, -0.25) is 0 Å². The second-order valence-electron chi connectivity index (χ2n) is 1.43. The fraction of sp³-hybridized carbons (Fsp3) is 0.429. The van der Waals surface area contributed by atoms with Crippen LogP contribution in [-0.2, 0) is 0 Å². The van der Waals surface area contributed by atoms with Crippen molar-refractivity contribution >= 4 is 11.3 Å². The summed E-state index contributed by atoms with van der Waals surface area (Å²) >= 11 is 1.14. The Hall–Kier alpha value is -0.370. The van der Waals surface area contributed by atoms with E-state index < -0.39 is 0 Å². The summed E-state index contributed by atoms with van der Waals surface area (Å²) in [6, 6.07) is 1.52. The molecule has 1 rings (SSSR count). The second kappa shape index (κ2) is 4.50. The van der Waals surface area contributed by atoms with Crippen LogP contribution >= 0.6 is 11.3 Å². The van der Waals surface area contributed by atoms with Crippen molar-refractivity contribution in [1.82, 2.24) is 0 Å². The molecule has 0 aliphatic heterocycles. The zero-order chi connectivity index (χ0) is 7.28. The third kappa shape index (κ3) is 3.25. The van der Waals surface area contributed by atoms with Crippen LogP contribution < -0.4 is 0 Å². The standard InChI is InChI=1S/C5H5FS.C2H6/c1-4-2-5(6)7-3-4;1-2/h2-3H,1H3;1-2H3. The molecule has 0 saturated heterocycles. The van der Waals surface area contributed by atoms with Gasteiger partial charge in [-0.05, 0) is 23.9 Å². The first-order valence-corrected chi connectivity index (χ1v) is 3.87. The lowest BCUT2D eigenvalue weighted by Crippen LogP contribution is -1.53. The molecule has 1 aromatic rings. The van der Waals surface area contributed by atoms with Crippen molar-refractivity contribution in [3.8, 4) is 0 Å². The molecular formula is C7H11FS. The highest BCUT2D eigenvalue weighted by Crippen LogP contribution is 2.09. The minimum atomic E-state index is -0.0995. The van der Waals surface area contributed by atoms with Crippen molar-refractivity contribution in [3.63, 3.8) is 0 Å². The van der Waals surface area contributed by atoms with E-state index in [4.69, 9.17) is 0 Å². The summed E-state index contributed by atoms with van der Waals surface area (Å²) in [7, 11) is 0. The van der Waals surface area contributed by atoms with Crippen molar-refractivity contribution in [2.75, 3.05) is 0 Å². The fourth-order valence-electron chi connectivity index (χ4n) is 0.396. The third-order valence-corrected chi connectivity index (χ3v) is 1.53. The van der Waals surface area contributed by atoms with Crippen LogP contribution in [0.3, 0.4) is 0 Å². The predicted octanol–water partition coefficient (Wildman–Crippen LogP) is 3.22. The van der Waals surface area contributed by atoms with Crippen LogP contribution in [0.2, 0.25) is 0 Å². The number of aryl methyl sites for hydroxylation is 1. The van der Waals surface area contributed by atoms with Gasteiger partial charge in [0, 0.05) is 0 Å². The molecule has 0 aliphatic rings. The molecule has 0 atom stereocenters. The lowest BCUT2D eigenvalue weighted by Gasteiger charge is -1.67. The highest BCUT2D eigenvalue weighted by Gasteiger charge is 1.88. The quantitative estimate of drug-likeness (QED) is 0.527. The molecule has 52 valence electrons. The SMILES string of the molecule is CC.Cc1csc(F)c1. The van der Waals surface area contributed by atoms with Gasteiger partial charge >= 0.3 is 0 Å². The molecule has 0 nitrogen and oxygen atoms in total. The summed E-state index contributed by atoms with van der Waals surface area (Å²) in [5.41, 5.74) is 1.00. The van der Waals surface area contributed by atoms with Crippen molar-refractivity contribution in [2.24, 2.45) is 0 Å². The second-order valence-corrected chi connectivity index (χ2v) is 2.29. The highest BCUT2D eigenvalue weighted by atomic mass is 32.1. The highest BCUT2D eigenvalue weighted by molar-refractivity contribution is 7.08. The Kier molecular flexibility index (Phi) is 4.32. The summed E-state index contributed by atoms with van der Waals surface area (Å²) in [6.07, 6.45) is 0. The van der Waals surface area contributed by atoms with E-state index in [1.165, 1.54) is 6.07 Å². The van der Waals surface area contributed by atoms with Gasteiger partial charge < -0.3 is 0 Å². The lowest BCUT2D eigenvalue weighted by atomic mass is 10.4. The van der Waals surface area contributed by atoms with E-state index in [2.05, 4.69) is 0 Å². The summed E-state index contributed by atoms with van der Waals surface area (Å²) in [5, 5.41) is 1.69. The van der Waals surface area contributed by atoms with E-state index in [1.807, 2.05) is 20.8 Å². The first kappa shape index (κ1) is 8.63. The van der Waals surface area contributed by atoms with Gasteiger partial charge in [-0.2, -0.15) is 4.39 Å². The van der Waals surface area contributed by atoms with Gasteiger partial charge in [0.25, 0.3) is 0 Å². The number of rotatable bonds is 0. The maximum atomic E-state index is 11.9. The molecule has 9 heavy (non-hydrogen) atoms. The van der Waals surface area contributed by atoms with Crippen molar-refractivity contribution < 1.29 is 4.39 Å². The van der Waals surface area contributed by atoms with E-state index in [9.17, 15) is 4.39 Å². The molecule has 0 aromatic carbocycles. The molecule has 0 amide bonds. The number of thiophene rings is 1. The molecule has 0 aliphatic carbocycles. The lowest BCUT2D eigenvalue weighted by molar-refractivity contribution is 0.656. The minimum Gasteiger partial charge on any atom is -0.195 e. The Bertz CT molecular complexity index is 141. The average molecular weight is 146 g/mol. The van der Waals surface area contributed by atoms with Crippen LogP contribution in [-0.4, -0.2) is 0 Å². The Balaban J connectivity index is 0.000000291. The zero-order valence-corrected chi connectivity index (χ0v) is 6.76. The van der Waals surface area contributed by atoms with Crippen LogP contribution in [0.4, 0.5) is 4.39 Å². The Morgan fingerprint density at radius 3 is 2.11 bits per heavy atom. The first-order valence-electron chi connectivity index (χ1n) is 2.99. The van der Waals surface area contributed by atoms with Crippen molar-refractivity contribution in [2.45, 2.75) is 20.8 Å². The molecule has 1 aromatic heterocycles. The number of hydrogen-bond acceptors (Lipinski definition) is 1. The smallest absolute Gasteiger partial charge is 0.176 e. The van der Waals surface area contributed by atoms with E-state index in [0.717, 1.165) is 16.9 Å². The number of halogens is 1. The van der Waals surface area contributed by atoms with E-state index >= 15 is 0 Å². The molecule has 0 bridgehead atoms. The van der Waals surface area contributed by atoms with Gasteiger partial charge in [-0.15, -0.1) is 11.3 Å².